The fourth-order valence-electron chi connectivity index (χ4n) is 3.31. The average Bonchev–Trinajstić information content (AvgIpc) is 3.34. The van der Waals surface area contributed by atoms with E-state index in [-0.39, 0.29) is 5.92 Å². The Morgan fingerprint density at radius 1 is 1.19 bits per heavy atom. The molecule has 1 aromatic carbocycles. The molecule has 1 aliphatic rings. The third-order valence-corrected chi connectivity index (χ3v) is 6.23. The first-order chi connectivity index (χ1) is 14.8. The third kappa shape index (κ3) is 4.98. The van der Waals surface area contributed by atoms with Crippen molar-refractivity contribution in [2.24, 2.45) is 5.92 Å². The minimum absolute atomic E-state index is 0.108. The number of carboxylic acid groups (broad SMARTS) is 1. The number of carboxylic acids is 1. The Bertz CT molecular complexity index is 1050. The standard InChI is InChI=1S/C23H25NO6S/c1-14-4-9-20(31-14)21-24-19(15(2)30-21)13-27-18-7-5-16(6-8-18)10-17-11-28-23(3,22(25)26)29-12-17/h4-9,17H,10-13H2,1-3H3,(H,25,26)/t17-,23-. The molecule has 0 unspecified atom stereocenters. The van der Waals surface area contributed by atoms with Crippen molar-refractivity contribution in [2.75, 3.05) is 13.2 Å². The number of aryl methyl sites for hydroxylation is 2. The van der Waals surface area contributed by atoms with Gasteiger partial charge >= 0.3 is 5.97 Å². The Kier molecular flexibility index (Phi) is 6.13. The summed E-state index contributed by atoms with van der Waals surface area (Å²) in [5, 5.41) is 9.14. The molecule has 2 aromatic heterocycles. The summed E-state index contributed by atoms with van der Waals surface area (Å²) in [6, 6.07) is 11.9. The van der Waals surface area contributed by atoms with Gasteiger partial charge in [-0.1, -0.05) is 12.1 Å². The number of carbonyl (C=O) groups is 1. The minimum Gasteiger partial charge on any atom is -0.487 e. The topological polar surface area (TPSA) is 91.0 Å². The van der Waals surface area contributed by atoms with Crippen LogP contribution < -0.4 is 4.74 Å². The zero-order chi connectivity index (χ0) is 22.0. The highest BCUT2D eigenvalue weighted by atomic mass is 32.1. The molecule has 0 saturated carbocycles. The first-order valence-electron chi connectivity index (χ1n) is 10.1. The molecule has 31 heavy (non-hydrogen) atoms. The normalized spacial score (nSPS) is 21.2. The van der Waals surface area contributed by atoms with Crippen molar-refractivity contribution in [3.8, 4) is 16.5 Å². The molecule has 0 aliphatic carbocycles. The van der Waals surface area contributed by atoms with E-state index in [0.717, 1.165) is 34.1 Å². The van der Waals surface area contributed by atoms with Crippen molar-refractivity contribution < 1.29 is 28.5 Å². The number of nitrogens with zero attached hydrogens (tertiary/aromatic N) is 1. The monoisotopic (exact) mass is 443 g/mol. The number of ether oxygens (including phenoxy) is 3. The molecular formula is C23H25NO6S. The van der Waals surface area contributed by atoms with E-state index in [1.54, 1.807) is 11.3 Å². The number of hydrogen-bond acceptors (Lipinski definition) is 7. The molecule has 3 heterocycles. The Hall–Kier alpha value is -2.68. The number of benzene rings is 1. The fraction of sp³-hybridized carbons (Fsp3) is 0.391. The summed E-state index contributed by atoms with van der Waals surface area (Å²) in [7, 11) is 0. The Balaban J connectivity index is 1.30. The van der Waals surface area contributed by atoms with E-state index in [2.05, 4.69) is 11.9 Å². The lowest BCUT2D eigenvalue weighted by Crippen LogP contribution is -2.48. The molecule has 0 amide bonds. The summed E-state index contributed by atoms with van der Waals surface area (Å²) in [5.74, 6) is -0.419. The molecule has 0 spiro atoms. The van der Waals surface area contributed by atoms with Crippen molar-refractivity contribution >= 4 is 17.3 Å². The predicted molar refractivity (Wildman–Crippen MR) is 115 cm³/mol. The van der Waals surface area contributed by atoms with Gasteiger partial charge in [-0.3, -0.25) is 0 Å². The van der Waals surface area contributed by atoms with Gasteiger partial charge in [-0.05, 0) is 50.1 Å². The van der Waals surface area contributed by atoms with Crippen LogP contribution in [0.3, 0.4) is 0 Å². The Labute approximate surface area is 184 Å². The lowest BCUT2D eigenvalue weighted by atomic mass is 9.99. The highest BCUT2D eigenvalue weighted by molar-refractivity contribution is 7.15. The number of aromatic nitrogens is 1. The summed E-state index contributed by atoms with van der Waals surface area (Å²) >= 11 is 1.65. The number of oxazole rings is 1. The summed E-state index contributed by atoms with van der Waals surface area (Å²) in [5.41, 5.74) is 1.89. The maximum Gasteiger partial charge on any atom is 0.364 e. The number of aliphatic carboxylic acids is 1. The van der Waals surface area contributed by atoms with Crippen LogP contribution in [0.15, 0.2) is 40.8 Å². The van der Waals surface area contributed by atoms with Crippen LogP contribution in [-0.4, -0.2) is 35.1 Å². The minimum atomic E-state index is -1.55. The first-order valence-corrected chi connectivity index (χ1v) is 10.9. The molecule has 0 bridgehead atoms. The van der Waals surface area contributed by atoms with E-state index >= 15 is 0 Å². The van der Waals surface area contributed by atoms with E-state index in [9.17, 15) is 4.79 Å². The van der Waals surface area contributed by atoms with Crippen LogP contribution in [0, 0.1) is 19.8 Å². The molecular weight excluding hydrogens is 418 g/mol. The summed E-state index contributed by atoms with van der Waals surface area (Å²) < 4.78 is 22.5. The van der Waals surface area contributed by atoms with Gasteiger partial charge in [-0.2, -0.15) is 0 Å². The van der Waals surface area contributed by atoms with Crippen LogP contribution in [0.2, 0.25) is 0 Å². The van der Waals surface area contributed by atoms with Gasteiger partial charge < -0.3 is 23.7 Å². The van der Waals surface area contributed by atoms with Crippen molar-refractivity contribution in [2.45, 2.75) is 39.6 Å². The molecule has 0 radical (unpaired) electrons. The van der Waals surface area contributed by atoms with E-state index in [4.69, 9.17) is 23.7 Å². The highest BCUT2D eigenvalue weighted by Crippen LogP contribution is 2.29. The second-order valence-corrected chi connectivity index (χ2v) is 9.10. The van der Waals surface area contributed by atoms with Crippen molar-refractivity contribution in [1.82, 2.24) is 4.98 Å². The quantitative estimate of drug-likeness (QED) is 0.570. The molecule has 7 nitrogen and oxygen atoms in total. The highest BCUT2D eigenvalue weighted by Gasteiger charge is 2.40. The zero-order valence-corrected chi connectivity index (χ0v) is 18.5. The molecule has 0 atom stereocenters. The summed E-state index contributed by atoms with van der Waals surface area (Å²) in [6.07, 6.45) is 0.738. The SMILES string of the molecule is Cc1ccc(-c2nc(COc3ccc(C[C@H]4CO[C@](C)(C(=O)O)OC4)cc3)c(C)o2)s1. The molecule has 1 saturated heterocycles. The lowest BCUT2D eigenvalue weighted by Gasteiger charge is -2.34. The lowest BCUT2D eigenvalue weighted by molar-refractivity contribution is -0.270. The summed E-state index contributed by atoms with van der Waals surface area (Å²) in [6.45, 7) is 6.40. The van der Waals surface area contributed by atoms with Crippen molar-refractivity contribution in [3.63, 3.8) is 0 Å². The van der Waals surface area contributed by atoms with Gasteiger partial charge in [0.2, 0.25) is 5.89 Å². The zero-order valence-electron chi connectivity index (χ0n) is 17.7. The van der Waals surface area contributed by atoms with Gasteiger partial charge in [0.1, 0.15) is 23.8 Å². The van der Waals surface area contributed by atoms with Crippen molar-refractivity contribution in [3.05, 3.63) is 58.3 Å². The Morgan fingerprint density at radius 2 is 1.90 bits per heavy atom. The smallest absolute Gasteiger partial charge is 0.364 e. The molecule has 8 heteroatoms. The van der Waals surface area contributed by atoms with Gasteiger partial charge in [-0.15, -0.1) is 11.3 Å². The number of thiophene rings is 1. The molecule has 1 fully saturated rings. The predicted octanol–water partition coefficient (Wildman–Crippen LogP) is 4.61. The summed E-state index contributed by atoms with van der Waals surface area (Å²) in [4.78, 5) is 18.0. The molecule has 3 aromatic rings. The van der Waals surface area contributed by atoms with Gasteiger partial charge in [0, 0.05) is 17.7 Å². The van der Waals surface area contributed by atoms with E-state index in [1.165, 1.54) is 11.8 Å². The average molecular weight is 444 g/mol. The van der Waals surface area contributed by atoms with Crippen LogP contribution in [-0.2, 0) is 27.3 Å². The molecule has 1 N–H and O–H groups in total. The molecule has 1 aliphatic heterocycles. The van der Waals surface area contributed by atoms with Gasteiger partial charge in [-0.25, -0.2) is 9.78 Å². The van der Waals surface area contributed by atoms with Crippen LogP contribution in [0.4, 0.5) is 0 Å². The molecule has 4 rings (SSSR count). The van der Waals surface area contributed by atoms with Gasteiger partial charge in [0.05, 0.1) is 18.1 Å². The van der Waals surface area contributed by atoms with Crippen LogP contribution in [0.1, 0.15) is 28.8 Å². The second-order valence-electron chi connectivity index (χ2n) is 7.81. The van der Waals surface area contributed by atoms with Gasteiger partial charge in [0.15, 0.2) is 0 Å². The first kappa shape index (κ1) is 21.5. The maximum absolute atomic E-state index is 11.2. The maximum atomic E-state index is 11.2. The van der Waals surface area contributed by atoms with E-state index in [1.807, 2.05) is 43.3 Å². The van der Waals surface area contributed by atoms with E-state index < -0.39 is 11.8 Å². The number of hydrogen-bond donors (Lipinski definition) is 1. The number of rotatable bonds is 7. The van der Waals surface area contributed by atoms with Crippen LogP contribution in [0.5, 0.6) is 5.75 Å². The third-order valence-electron chi connectivity index (χ3n) is 5.24. The van der Waals surface area contributed by atoms with Crippen LogP contribution >= 0.6 is 11.3 Å². The van der Waals surface area contributed by atoms with Crippen LogP contribution in [0.25, 0.3) is 10.8 Å². The largest absolute Gasteiger partial charge is 0.487 e. The second kappa shape index (κ2) is 8.82. The van der Waals surface area contributed by atoms with E-state index in [0.29, 0.717) is 25.7 Å². The fourth-order valence-corrected chi connectivity index (χ4v) is 4.10. The van der Waals surface area contributed by atoms with Crippen molar-refractivity contribution in [1.29, 1.82) is 0 Å². The van der Waals surface area contributed by atoms with Gasteiger partial charge in [0.25, 0.3) is 5.79 Å². The Morgan fingerprint density at radius 3 is 2.52 bits per heavy atom. The molecule has 164 valence electrons.